The average Bonchev–Trinajstić information content (AvgIpc) is 2.97. The van der Waals surface area contributed by atoms with Crippen molar-refractivity contribution in [3.05, 3.63) is 35.9 Å². The molecule has 3 rings (SSSR count). The molecule has 3 nitrogen and oxygen atoms in total. The lowest BCUT2D eigenvalue weighted by atomic mass is 10.1. The smallest absolute Gasteiger partial charge is 0.162 e. The molecule has 2 unspecified atom stereocenters. The number of carbonyl (C=O) groups is 1. The number of hydrogen-bond acceptors (Lipinski definition) is 3. The second-order valence-electron chi connectivity index (χ2n) is 5.84. The van der Waals surface area contributed by atoms with Crippen molar-refractivity contribution >= 4 is 5.78 Å². The molecule has 108 valence electrons. The number of fused-ring (bicyclic) bond motifs is 1. The fourth-order valence-electron chi connectivity index (χ4n) is 3.49. The summed E-state index contributed by atoms with van der Waals surface area (Å²) in [6.07, 6.45) is 5.82. The van der Waals surface area contributed by atoms with Gasteiger partial charge in [-0.15, -0.1) is 0 Å². The van der Waals surface area contributed by atoms with Crippen LogP contribution in [0.2, 0.25) is 0 Å². The zero-order valence-electron chi connectivity index (χ0n) is 12.0. The maximum Gasteiger partial charge on any atom is 0.162 e. The minimum atomic E-state index is 0.266. The third-order valence-corrected chi connectivity index (χ3v) is 4.54. The van der Waals surface area contributed by atoms with Gasteiger partial charge in [0.05, 0.1) is 12.7 Å². The van der Waals surface area contributed by atoms with Crippen LogP contribution in [0.1, 0.15) is 42.5 Å². The Morgan fingerprint density at radius 2 is 2.10 bits per heavy atom. The average molecular weight is 273 g/mol. The fourth-order valence-corrected chi connectivity index (χ4v) is 3.49. The van der Waals surface area contributed by atoms with E-state index in [0.717, 1.165) is 31.7 Å². The van der Waals surface area contributed by atoms with Gasteiger partial charge in [-0.25, -0.2) is 0 Å². The van der Waals surface area contributed by atoms with Crippen LogP contribution in [0.4, 0.5) is 0 Å². The van der Waals surface area contributed by atoms with Crippen LogP contribution in [-0.4, -0.2) is 42.5 Å². The molecule has 0 radical (unpaired) electrons. The van der Waals surface area contributed by atoms with E-state index in [0.29, 0.717) is 18.6 Å². The third-order valence-electron chi connectivity index (χ3n) is 4.54. The van der Waals surface area contributed by atoms with Crippen molar-refractivity contribution in [2.75, 3.05) is 19.7 Å². The quantitative estimate of drug-likeness (QED) is 0.773. The monoisotopic (exact) mass is 273 g/mol. The Balaban J connectivity index is 1.46. The second-order valence-corrected chi connectivity index (χ2v) is 5.84. The van der Waals surface area contributed by atoms with E-state index < -0.39 is 0 Å². The number of Topliss-reactive ketones (excluding diaryl/α,β-unsaturated/α-hetero) is 1. The number of ether oxygens (including phenoxy) is 1. The highest BCUT2D eigenvalue weighted by Gasteiger charge is 2.35. The van der Waals surface area contributed by atoms with Crippen LogP contribution < -0.4 is 0 Å². The Labute approximate surface area is 120 Å². The summed E-state index contributed by atoms with van der Waals surface area (Å²) >= 11 is 0. The molecule has 1 saturated heterocycles. The van der Waals surface area contributed by atoms with Gasteiger partial charge in [0.25, 0.3) is 0 Å². The van der Waals surface area contributed by atoms with Crippen molar-refractivity contribution in [2.45, 2.75) is 44.2 Å². The Morgan fingerprint density at radius 1 is 1.25 bits per heavy atom. The molecule has 0 N–H and O–H groups in total. The first-order chi connectivity index (χ1) is 9.84. The lowest BCUT2D eigenvalue weighted by molar-refractivity contribution is -0.0556. The van der Waals surface area contributed by atoms with E-state index in [4.69, 9.17) is 4.74 Å². The number of morpholine rings is 1. The van der Waals surface area contributed by atoms with Gasteiger partial charge in [0, 0.05) is 24.6 Å². The van der Waals surface area contributed by atoms with E-state index in [1.54, 1.807) is 0 Å². The Bertz CT molecular complexity index is 446. The molecule has 1 aliphatic heterocycles. The van der Waals surface area contributed by atoms with E-state index in [1.165, 1.54) is 19.3 Å². The number of benzene rings is 1. The summed E-state index contributed by atoms with van der Waals surface area (Å²) in [4.78, 5) is 14.6. The first kappa shape index (κ1) is 13.8. The molecule has 2 atom stereocenters. The van der Waals surface area contributed by atoms with E-state index in [2.05, 4.69) is 4.90 Å². The molecule has 0 spiro atoms. The van der Waals surface area contributed by atoms with Gasteiger partial charge in [0.1, 0.15) is 0 Å². The lowest BCUT2D eigenvalue weighted by Gasteiger charge is -2.37. The molecule has 2 fully saturated rings. The summed E-state index contributed by atoms with van der Waals surface area (Å²) in [6, 6.07) is 10.2. The van der Waals surface area contributed by atoms with Crippen LogP contribution in [0.25, 0.3) is 0 Å². The summed E-state index contributed by atoms with van der Waals surface area (Å²) in [5.41, 5.74) is 0.841. The standard InChI is InChI=1S/C17H23NO2/c19-16(14-6-2-1-3-7-14)9-5-11-18-12-13-20-17-10-4-8-15(17)18/h1-3,6-7,15,17H,4-5,8-13H2. The van der Waals surface area contributed by atoms with Crippen molar-refractivity contribution in [3.63, 3.8) is 0 Å². The van der Waals surface area contributed by atoms with Gasteiger partial charge in [-0.2, -0.15) is 0 Å². The van der Waals surface area contributed by atoms with Crippen molar-refractivity contribution < 1.29 is 9.53 Å². The molecule has 1 aromatic carbocycles. The maximum atomic E-state index is 12.1. The van der Waals surface area contributed by atoms with Gasteiger partial charge in [-0.3, -0.25) is 9.69 Å². The number of ketones is 1. The topological polar surface area (TPSA) is 29.5 Å². The second kappa shape index (κ2) is 6.51. The van der Waals surface area contributed by atoms with Crippen molar-refractivity contribution in [3.8, 4) is 0 Å². The van der Waals surface area contributed by atoms with Crippen LogP contribution in [0, 0.1) is 0 Å². The number of nitrogens with zero attached hydrogens (tertiary/aromatic N) is 1. The summed E-state index contributed by atoms with van der Waals surface area (Å²) in [5.74, 6) is 0.266. The first-order valence-corrected chi connectivity index (χ1v) is 7.78. The maximum absolute atomic E-state index is 12.1. The van der Waals surface area contributed by atoms with Crippen molar-refractivity contribution in [1.29, 1.82) is 0 Å². The van der Waals surface area contributed by atoms with Crippen LogP contribution in [0.3, 0.4) is 0 Å². The van der Waals surface area contributed by atoms with E-state index in [-0.39, 0.29) is 5.78 Å². The highest BCUT2D eigenvalue weighted by Crippen LogP contribution is 2.29. The summed E-state index contributed by atoms with van der Waals surface area (Å²) < 4.78 is 5.82. The molecule has 0 amide bonds. The summed E-state index contributed by atoms with van der Waals surface area (Å²) in [6.45, 7) is 2.91. The molecule has 20 heavy (non-hydrogen) atoms. The van der Waals surface area contributed by atoms with Crippen LogP contribution in [0.15, 0.2) is 30.3 Å². The molecular formula is C17H23NO2. The predicted molar refractivity (Wildman–Crippen MR) is 79.0 cm³/mol. The number of hydrogen-bond donors (Lipinski definition) is 0. The molecule has 1 heterocycles. The molecule has 0 bridgehead atoms. The molecular weight excluding hydrogens is 250 g/mol. The van der Waals surface area contributed by atoms with E-state index in [1.807, 2.05) is 30.3 Å². The van der Waals surface area contributed by atoms with Crippen LogP contribution in [0.5, 0.6) is 0 Å². The zero-order chi connectivity index (χ0) is 13.8. The molecule has 0 aromatic heterocycles. The van der Waals surface area contributed by atoms with Crippen molar-refractivity contribution in [2.24, 2.45) is 0 Å². The molecule has 1 saturated carbocycles. The van der Waals surface area contributed by atoms with Gasteiger partial charge in [-0.1, -0.05) is 30.3 Å². The minimum Gasteiger partial charge on any atom is -0.375 e. The Morgan fingerprint density at radius 3 is 2.95 bits per heavy atom. The highest BCUT2D eigenvalue weighted by molar-refractivity contribution is 5.95. The largest absolute Gasteiger partial charge is 0.375 e. The summed E-state index contributed by atoms with van der Waals surface area (Å²) in [7, 11) is 0. The molecule has 3 heteroatoms. The SMILES string of the molecule is O=C(CCCN1CCOC2CCCC21)c1ccccc1. The third kappa shape index (κ3) is 3.10. The number of rotatable bonds is 5. The van der Waals surface area contributed by atoms with Crippen LogP contribution >= 0.6 is 0 Å². The van der Waals surface area contributed by atoms with Gasteiger partial charge in [0.15, 0.2) is 5.78 Å². The Kier molecular flexibility index (Phi) is 4.48. The highest BCUT2D eigenvalue weighted by atomic mass is 16.5. The van der Waals surface area contributed by atoms with Crippen molar-refractivity contribution in [1.82, 2.24) is 4.90 Å². The fraction of sp³-hybridized carbons (Fsp3) is 0.588. The Hall–Kier alpha value is -1.19. The normalized spacial score (nSPS) is 26.4. The summed E-state index contributed by atoms with van der Waals surface area (Å²) in [5, 5.41) is 0. The van der Waals surface area contributed by atoms with Gasteiger partial charge in [-0.05, 0) is 32.2 Å². The molecule has 1 aliphatic carbocycles. The lowest BCUT2D eigenvalue weighted by Crippen LogP contribution is -2.48. The molecule has 2 aliphatic rings. The number of carbonyl (C=O) groups excluding carboxylic acids is 1. The van der Waals surface area contributed by atoms with E-state index in [9.17, 15) is 4.79 Å². The molecule has 1 aromatic rings. The zero-order valence-corrected chi connectivity index (χ0v) is 12.0. The van der Waals surface area contributed by atoms with Crippen LogP contribution in [-0.2, 0) is 4.74 Å². The van der Waals surface area contributed by atoms with E-state index >= 15 is 0 Å². The predicted octanol–water partition coefficient (Wildman–Crippen LogP) is 2.90. The minimum absolute atomic E-state index is 0.266. The van der Waals surface area contributed by atoms with Gasteiger partial charge >= 0.3 is 0 Å². The van der Waals surface area contributed by atoms with Gasteiger partial charge < -0.3 is 4.74 Å². The first-order valence-electron chi connectivity index (χ1n) is 7.78. The van der Waals surface area contributed by atoms with Gasteiger partial charge in [0.2, 0.25) is 0 Å².